The molecular weight excluding hydrogens is 420 g/mol. The van der Waals surface area contributed by atoms with Crippen LogP contribution in [0.5, 0.6) is 0 Å². The number of hydrogen-bond acceptors (Lipinski definition) is 8. The summed E-state index contributed by atoms with van der Waals surface area (Å²) in [4.78, 5) is 45.4. The molecule has 12 nitrogen and oxygen atoms in total. The standard InChI is InChI=1S/C20H16N6O6/c21-17-7-5-13(25(29)30)9-15(17)19(27)23-11-1-2-12(4-3-11)24-20(28)16-10-14(26(31)32)6-8-18(16)22/h1-10H,21-22H2,(H,23,27)(H,24,28). The van der Waals surface area contributed by atoms with Crippen LogP contribution in [-0.4, -0.2) is 21.7 Å². The fraction of sp³-hybridized carbons (Fsp3) is 0. The van der Waals surface area contributed by atoms with Crippen molar-refractivity contribution in [2.24, 2.45) is 0 Å². The van der Waals surface area contributed by atoms with Crippen molar-refractivity contribution in [1.29, 1.82) is 0 Å². The SMILES string of the molecule is Nc1ccc([N+](=O)[O-])cc1C(=O)Nc1ccc(NC(=O)c2cc([N+](=O)[O-])ccc2N)cc1. The number of hydrogen-bond donors (Lipinski definition) is 4. The van der Waals surface area contributed by atoms with Crippen molar-refractivity contribution in [1.82, 2.24) is 0 Å². The highest BCUT2D eigenvalue weighted by atomic mass is 16.6. The Hall–Kier alpha value is -5.00. The number of nitro benzene ring substituents is 2. The molecule has 2 amide bonds. The predicted octanol–water partition coefficient (Wildman–Crippen LogP) is 3.17. The monoisotopic (exact) mass is 436 g/mol. The molecular formula is C20H16N6O6. The van der Waals surface area contributed by atoms with E-state index in [1.54, 1.807) is 0 Å². The summed E-state index contributed by atoms with van der Waals surface area (Å²) in [7, 11) is 0. The lowest BCUT2D eigenvalue weighted by molar-refractivity contribution is -0.385. The highest BCUT2D eigenvalue weighted by molar-refractivity contribution is 6.09. The van der Waals surface area contributed by atoms with Crippen LogP contribution in [0.3, 0.4) is 0 Å². The molecule has 32 heavy (non-hydrogen) atoms. The molecule has 0 aliphatic heterocycles. The van der Waals surface area contributed by atoms with Gasteiger partial charge in [-0.3, -0.25) is 29.8 Å². The van der Waals surface area contributed by atoms with Crippen LogP contribution in [0.2, 0.25) is 0 Å². The Morgan fingerprint density at radius 1 is 0.656 bits per heavy atom. The quantitative estimate of drug-likeness (QED) is 0.256. The minimum Gasteiger partial charge on any atom is -0.398 e. The number of anilines is 4. The number of nitrogen functional groups attached to an aromatic ring is 2. The van der Waals surface area contributed by atoms with Gasteiger partial charge in [0.1, 0.15) is 0 Å². The molecule has 3 aromatic rings. The minimum atomic E-state index is -0.646. The van der Waals surface area contributed by atoms with Gasteiger partial charge in [-0.25, -0.2) is 0 Å². The van der Waals surface area contributed by atoms with Gasteiger partial charge in [0.25, 0.3) is 23.2 Å². The molecule has 6 N–H and O–H groups in total. The van der Waals surface area contributed by atoms with Crippen LogP contribution in [0.1, 0.15) is 20.7 Å². The van der Waals surface area contributed by atoms with Crippen LogP contribution in [0.25, 0.3) is 0 Å². The van der Waals surface area contributed by atoms with Crippen molar-refractivity contribution in [2.75, 3.05) is 22.1 Å². The molecule has 0 unspecified atom stereocenters. The normalized spacial score (nSPS) is 10.2. The van der Waals surface area contributed by atoms with Gasteiger partial charge in [0, 0.05) is 47.0 Å². The number of amides is 2. The molecule has 3 aromatic carbocycles. The predicted molar refractivity (Wildman–Crippen MR) is 117 cm³/mol. The molecule has 0 aliphatic rings. The maximum Gasteiger partial charge on any atom is 0.270 e. The van der Waals surface area contributed by atoms with Gasteiger partial charge in [-0.1, -0.05) is 0 Å². The summed E-state index contributed by atoms with van der Waals surface area (Å²) in [5.74, 6) is -1.29. The summed E-state index contributed by atoms with van der Waals surface area (Å²) in [6.45, 7) is 0. The van der Waals surface area contributed by atoms with Gasteiger partial charge in [0.05, 0.1) is 21.0 Å². The van der Waals surface area contributed by atoms with Gasteiger partial charge in [-0.05, 0) is 36.4 Å². The Labute approximate surface area is 180 Å². The summed E-state index contributed by atoms with van der Waals surface area (Å²) in [5, 5.41) is 26.9. The third-order valence-electron chi connectivity index (χ3n) is 4.39. The van der Waals surface area contributed by atoms with E-state index in [1.807, 2.05) is 0 Å². The van der Waals surface area contributed by atoms with E-state index in [4.69, 9.17) is 11.5 Å². The number of benzene rings is 3. The molecule has 0 spiro atoms. The van der Waals surface area contributed by atoms with E-state index in [9.17, 15) is 29.8 Å². The first-order chi connectivity index (χ1) is 15.2. The largest absolute Gasteiger partial charge is 0.398 e. The number of carbonyl (C=O) groups is 2. The van der Waals surface area contributed by atoms with Crippen molar-refractivity contribution in [3.05, 3.63) is 92.0 Å². The average molecular weight is 436 g/mol. The first-order valence-electron chi connectivity index (χ1n) is 8.96. The van der Waals surface area contributed by atoms with Gasteiger partial charge < -0.3 is 22.1 Å². The van der Waals surface area contributed by atoms with Crippen LogP contribution in [0.4, 0.5) is 34.1 Å². The number of nitro groups is 2. The zero-order chi connectivity index (χ0) is 23.4. The van der Waals surface area contributed by atoms with Gasteiger partial charge in [-0.15, -0.1) is 0 Å². The summed E-state index contributed by atoms with van der Waals surface area (Å²) in [6, 6.07) is 13.0. The highest BCUT2D eigenvalue weighted by Gasteiger charge is 2.17. The van der Waals surface area contributed by atoms with Gasteiger partial charge in [0.2, 0.25) is 0 Å². The van der Waals surface area contributed by atoms with Crippen molar-refractivity contribution < 1.29 is 19.4 Å². The van der Waals surface area contributed by atoms with Crippen LogP contribution >= 0.6 is 0 Å². The van der Waals surface area contributed by atoms with E-state index in [0.29, 0.717) is 11.4 Å². The maximum absolute atomic E-state index is 12.4. The van der Waals surface area contributed by atoms with E-state index in [1.165, 1.54) is 48.5 Å². The Bertz CT molecular complexity index is 1150. The highest BCUT2D eigenvalue weighted by Crippen LogP contribution is 2.23. The molecule has 3 rings (SSSR count). The first kappa shape index (κ1) is 21.7. The second-order valence-corrected chi connectivity index (χ2v) is 6.54. The Kier molecular flexibility index (Phi) is 5.96. The molecule has 0 saturated carbocycles. The Morgan fingerprint density at radius 2 is 1.00 bits per heavy atom. The fourth-order valence-corrected chi connectivity index (χ4v) is 2.74. The third kappa shape index (κ3) is 4.76. The van der Waals surface area contributed by atoms with E-state index < -0.39 is 21.7 Å². The lowest BCUT2D eigenvalue weighted by atomic mass is 10.1. The topological polar surface area (TPSA) is 197 Å². The lowest BCUT2D eigenvalue weighted by Gasteiger charge is -2.10. The van der Waals surface area contributed by atoms with Crippen molar-refractivity contribution in [3.63, 3.8) is 0 Å². The molecule has 0 fully saturated rings. The summed E-state index contributed by atoms with van der Waals surface area (Å²) < 4.78 is 0. The maximum atomic E-state index is 12.4. The van der Waals surface area contributed by atoms with Crippen LogP contribution in [0.15, 0.2) is 60.7 Å². The molecule has 0 aliphatic carbocycles. The van der Waals surface area contributed by atoms with Gasteiger partial charge in [-0.2, -0.15) is 0 Å². The van der Waals surface area contributed by atoms with E-state index >= 15 is 0 Å². The van der Waals surface area contributed by atoms with E-state index in [-0.39, 0.29) is 33.9 Å². The zero-order valence-corrected chi connectivity index (χ0v) is 16.3. The number of nitrogens with one attached hydrogen (secondary N) is 2. The number of non-ortho nitro benzene ring substituents is 2. The molecule has 0 saturated heterocycles. The molecule has 0 atom stereocenters. The average Bonchev–Trinajstić information content (AvgIpc) is 2.75. The molecule has 0 aromatic heterocycles. The van der Waals surface area contributed by atoms with Crippen LogP contribution in [-0.2, 0) is 0 Å². The number of nitrogens with zero attached hydrogens (tertiary/aromatic N) is 2. The molecule has 0 heterocycles. The molecule has 162 valence electrons. The van der Waals surface area contributed by atoms with Crippen molar-refractivity contribution >= 4 is 45.9 Å². The second kappa shape index (κ2) is 8.79. The zero-order valence-electron chi connectivity index (χ0n) is 16.3. The van der Waals surface area contributed by atoms with Gasteiger partial charge in [0.15, 0.2) is 0 Å². The van der Waals surface area contributed by atoms with Crippen molar-refractivity contribution in [2.45, 2.75) is 0 Å². The van der Waals surface area contributed by atoms with E-state index in [2.05, 4.69) is 10.6 Å². The Morgan fingerprint density at radius 3 is 1.31 bits per heavy atom. The Balaban J connectivity index is 1.72. The summed E-state index contributed by atoms with van der Waals surface area (Å²) in [6.07, 6.45) is 0. The molecule has 0 radical (unpaired) electrons. The van der Waals surface area contributed by atoms with E-state index in [0.717, 1.165) is 12.1 Å². The second-order valence-electron chi connectivity index (χ2n) is 6.54. The molecule has 0 bridgehead atoms. The van der Waals surface area contributed by atoms with Gasteiger partial charge >= 0.3 is 0 Å². The smallest absolute Gasteiger partial charge is 0.270 e. The minimum absolute atomic E-state index is 0.0577. The number of carbonyl (C=O) groups excluding carboxylic acids is 2. The summed E-state index contributed by atoms with van der Waals surface area (Å²) in [5.41, 5.74) is 11.6. The fourth-order valence-electron chi connectivity index (χ4n) is 2.74. The summed E-state index contributed by atoms with van der Waals surface area (Å²) >= 11 is 0. The number of nitrogens with two attached hydrogens (primary N) is 2. The van der Waals surface area contributed by atoms with Crippen LogP contribution in [0, 0.1) is 20.2 Å². The molecule has 12 heteroatoms. The lowest BCUT2D eigenvalue weighted by Crippen LogP contribution is -2.15. The number of rotatable bonds is 6. The third-order valence-corrected chi connectivity index (χ3v) is 4.39. The van der Waals surface area contributed by atoms with Crippen LogP contribution < -0.4 is 22.1 Å². The first-order valence-corrected chi connectivity index (χ1v) is 8.96. The van der Waals surface area contributed by atoms with Crippen molar-refractivity contribution in [3.8, 4) is 0 Å².